The summed E-state index contributed by atoms with van der Waals surface area (Å²) in [4.78, 5) is 16.8. The summed E-state index contributed by atoms with van der Waals surface area (Å²) in [6, 6.07) is 11.4. The van der Waals surface area contributed by atoms with Gasteiger partial charge in [0.1, 0.15) is 0 Å². The van der Waals surface area contributed by atoms with Crippen LogP contribution in [0, 0.1) is 0 Å². The zero-order valence-electron chi connectivity index (χ0n) is 12.8. The molecule has 0 saturated carbocycles. The highest BCUT2D eigenvalue weighted by molar-refractivity contribution is 7.21. The number of carbonyl (C=O) groups is 1. The van der Waals surface area contributed by atoms with Crippen LogP contribution in [-0.4, -0.2) is 16.4 Å². The van der Waals surface area contributed by atoms with Gasteiger partial charge in [-0.25, -0.2) is 4.98 Å². The lowest BCUT2D eigenvalue weighted by molar-refractivity contribution is 0.0883. The molecule has 1 amide bonds. The Morgan fingerprint density at radius 2 is 2.05 bits per heavy atom. The minimum Gasteiger partial charge on any atom is -0.448 e. The highest BCUT2D eigenvalue weighted by Crippen LogP contribution is 2.31. The van der Waals surface area contributed by atoms with E-state index in [1.165, 1.54) is 0 Å². The number of amides is 1. The number of rotatable bonds is 4. The molecule has 0 atom stereocenters. The van der Waals surface area contributed by atoms with Gasteiger partial charge >= 0.3 is 0 Å². The Morgan fingerprint density at radius 1 is 1.27 bits per heavy atom. The quantitative estimate of drug-likeness (QED) is 0.772. The van der Waals surface area contributed by atoms with Crippen molar-refractivity contribution in [2.75, 3.05) is 0 Å². The summed E-state index contributed by atoms with van der Waals surface area (Å²) in [5.41, 5.74) is 0.692. The third kappa shape index (κ3) is 2.90. The van der Waals surface area contributed by atoms with Crippen LogP contribution >= 0.6 is 11.3 Å². The van der Waals surface area contributed by atoms with Crippen molar-refractivity contribution < 1.29 is 9.21 Å². The van der Waals surface area contributed by atoms with Gasteiger partial charge in [0, 0.05) is 5.54 Å². The summed E-state index contributed by atoms with van der Waals surface area (Å²) in [6.45, 7) is 6.01. The maximum absolute atomic E-state index is 12.2. The number of carbonyl (C=O) groups excluding carboxylic acids is 1. The lowest BCUT2D eigenvalue weighted by atomic mass is 10.0. The maximum atomic E-state index is 12.2. The van der Waals surface area contributed by atoms with Crippen LogP contribution in [-0.2, 0) is 0 Å². The van der Waals surface area contributed by atoms with Gasteiger partial charge in [0.05, 0.1) is 10.2 Å². The third-order valence-electron chi connectivity index (χ3n) is 3.67. The molecule has 0 radical (unpaired) electrons. The van der Waals surface area contributed by atoms with E-state index >= 15 is 0 Å². The number of nitrogens with one attached hydrogen (secondary N) is 1. The highest BCUT2D eigenvalue weighted by atomic mass is 32.1. The van der Waals surface area contributed by atoms with E-state index in [0.29, 0.717) is 11.5 Å². The largest absolute Gasteiger partial charge is 0.448 e. The second kappa shape index (κ2) is 5.57. The molecule has 4 nitrogen and oxygen atoms in total. The van der Waals surface area contributed by atoms with Crippen molar-refractivity contribution in [2.45, 2.75) is 32.7 Å². The minimum absolute atomic E-state index is 0.195. The topological polar surface area (TPSA) is 55.1 Å². The van der Waals surface area contributed by atoms with E-state index in [9.17, 15) is 4.79 Å². The minimum atomic E-state index is -0.250. The smallest absolute Gasteiger partial charge is 0.287 e. The molecule has 114 valence electrons. The standard InChI is InChI=1S/C17H18N2O2S/c1-4-17(2,3)19-15(20)12-9-10-13(21-12)16-18-11-7-5-6-8-14(11)22-16/h5-10H,4H2,1-3H3,(H,19,20). The number of para-hydroxylation sites is 1. The molecule has 5 heteroatoms. The fourth-order valence-electron chi connectivity index (χ4n) is 2.01. The summed E-state index contributed by atoms with van der Waals surface area (Å²) in [5, 5.41) is 3.75. The predicted octanol–water partition coefficient (Wildman–Crippen LogP) is 4.47. The molecular formula is C17H18N2O2S. The van der Waals surface area contributed by atoms with E-state index < -0.39 is 0 Å². The first-order valence-corrected chi connectivity index (χ1v) is 8.08. The summed E-state index contributed by atoms with van der Waals surface area (Å²) in [6.07, 6.45) is 0.851. The fraction of sp³-hybridized carbons (Fsp3) is 0.294. The van der Waals surface area contributed by atoms with Gasteiger partial charge in [-0.1, -0.05) is 19.1 Å². The van der Waals surface area contributed by atoms with Gasteiger partial charge in [0.25, 0.3) is 5.91 Å². The van der Waals surface area contributed by atoms with Crippen molar-refractivity contribution in [3.8, 4) is 10.8 Å². The molecule has 2 heterocycles. The first kappa shape index (κ1) is 14.8. The molecule has 2 aromatic heterocycles. The summed E-state index contributed by atoms with van der Waals surface area (Å²) in [7, 11) is 0. The predicted molar refractivity (Wildman–Crippen MR) is 89.2 cm³/mol. The van der Waals surface area contributed by atoms with Crippen molar-refractivity contribution in [3.05, 3.63) is 42.2 Å². The van der Waals surface area contributed by atoms with E-state index in [-0.39, 0.29) is 11.4 Å². The molecule has 0 saturated heterocycles. The first-order chi connectivity index (χ1) is 10.5. The van der Waals surface area contributed by atoms with Gasteiger partial charge in [-0.3, -0.25) is 4.79 Å². The molecule has 3 rings (SSSR count). The Kier molecular flexibility index (Phi) is 3.74. The molecule has 0 aliphatic rings. The van der Waals surface area contributed by atoms with E-state index in [1.54, 1.807) is 23.5 Å². The van der Waals surface area contributed by atoms with Gasteiger partial charge < -0.3 is 9.73 Å². The Hall–Kier alpha value is -2.14. The second-order valence-electron chi connectivity index (χ2n) is 5.84. The normalized spacial score (nSPS) is 11.8. The second-order valence-corrected chi connectivity index (χ2v) is 6.87. The molecule has 0 aliphatic carbocycles. The van der Waals surface area contributed by atoms with Gasteiger partial charge in [0.2, 0.25) is 0 Å². The van der Waals surface area contributed by atoms with Crippen LogP contribution in [0.15, 0.2) is 40.8 Å². The van der Waals surface area contributed by atoms with Crippen molar-refractivity contribution >= 4 is 27.5 Å². The van der Waals surface area contributed by atoms with E-state index in [1.807, 2.05) is 45.0 Å². The van der Waals surface area contributed by atoms with Crippen molar-refractivity contribution in [2.24, 2.45) is 0 Å². The third-order valence-corrected chi connectivity index (χ3v) is 4.72. The zero-order chi connectivity index (χ0) is 15.7. The highest BCUT2D eigenvalue weighted by Gasteiger charge is 2.21. The summed E-state index contributed by atoms with van der Waals surface area (Å²) >= 11 is 1.56. The molecule has 3 aromatic rings. The van der Waals surface area contributed by atoms with Crippen molar-refractivity contribution in [3.63, 3.8) is 0 Å². The van der Waals surface area contributed by atoms with Crippen LogP contribution in [0.25, 0.3) is 21.0 Å². The molecule has 0 spiro atoms. The molecule has 22 heavy (non-hydrogen) atoms. The van der Waals surface area contributed by atoms with Crippen molar-refractivity contribution in [1.29, 1.82) is 0 Å². The van der Waals surface area contributed by atoms with E-state index in [4.69, 9.17) is 4.42 Å². The molecule has 0 aliphatic heterocycles. The summed E-state index contributed by atoms with van der Waals surface area (Å²) in [5.74, 6) is 0.746. The molecule has 1 aromatic carbocycles. The van der Waals surface area contributed by atoms with Gasteiger partial charge in [-0.15, -0.1) is 11.3 Å². The van der Waals surface area contributed by atoms with Crippen LogP contribution in [0.2, 0.25) is 0 Å². The number of benzene rings is 1. The summed E-state index contributed by atoms with van der Waals surface area (Å²) < 4.78 is 6.79. The van der Waals surface area contributed by atoms with Crippen LogP contribution in [0.4, 0.5) is 0 Å². The monoisotopic (exact) mass is 314 g/mol. The van der Waals surface area contributed by atoms with Gasteiger partial charge in [-0.2, -0.15) is 0 Å². The van der Waals surface area contributed by atoms with E-state index in [0.717, 1.165) is 21.6 Å². The number of hydrogen-bond donors (Lipinski definition) is 1. The zero-order valence-corrected chi connectivity index (χ0v) is 13.7. The van der Waals surface area contributed by atoms with Gasteiger partial charge in [-0.05, 0) is 44.5 Å². The number of aromatic nitrogens is 1. The SMILES string of the molecule is CCC(C)(C)NC(=O)c1ccc(-c2nc3ccccc3s2)o1. The average molecular weight is 314 g/mol. The van der Waals surface area contributed by atoms with Crippen LogP contribution < -0.4 is 5.32 Å². The molecule has 1 N–H and O–H groups in total. The number of nitrogens with zero attached hydrogens (tertiary/aromatic N) is 1. The fourth-order valence-corrected chi connectivity index (χ4v) is 2.94. The van der Waals surface area contributed by atoms with Gasteiger partial charge in [0.15, 0.2) is 16.5 Å². The Morgan fingerprint density at radius 3 is 2.77 bits per heavy atom. The number of hydrogen-bond acceptors (Lipinski definition) is 4. The number of thiazole rings is 1. The maximum Gasteiger partial charge on any atom is 0.287 e. The number of furan rings is 1. The first-order valence-electron chi connectivity index (χ1n) is 7.27. The van der Waals surface area contributed by atoms with Crippen molar-refractivity contribution in [1.82, 2.24) is 10.3 Å². The number of fused-ring (bicyclic) bond motifs is 1. The van der Waals surface area contributed by atoms with E-state index in [2.05, 4.69) is 10.3 Å². The van der Waals surface area contributed by atoms with Crippen LogP contribution in [0.5, 0.6) is 0 Å². The Labute approximate surface area is 133 Å². The molecule has 0 unspecified atom stereocenters. The lowest BCUT2D eigenvalue weighted by Gasteiger charge is -2.23. The average Bonchev–Trinajstić information content (AvgIpc) is 3.13. The molecular weight excluding hydrogens is 296 g/mol. The van der Waals surface area contributed by atoms with Crippen LogP contribution in [0.1, 0.15) is 37.7 Å². The Bertz CT molecular complexity index is 784. The van der Waals surface area contributed by atoms with Crippen LogP contribution in [0.3, 0.4) is 0 Å². The lowest BCUT2D eigenvalue weighted by Crippen LogP contribution is -2.42. The Balaban J connectivity index is 1.85. The molecule has 0 bridgehead atoms. The molecule has 0 fully saturated rings.